The lowest BCUT2D eigenvalue weighted by Gasteiger charge is -2.75. The number of hydrogen-bond donors (Lipinski definition) is 2. The van der Waals surface area contributed by atoms with Gasteiger partial charge < -0.3 is 19.4 Å². The quantitative estimate of drug-likeness (QED) is 0.401. The maximum Gasteiger partial charge on any atom is 0.250 e. The van der Waals surface area contributed by atoms with Gasteiger partial charge in [-0.25, -0.2) is 0 Å². The molecule has 4 saturated carbocycles. The van der Waals surface area contributed by atoms with Gasteiger partial charge in [-0.15, -0.1) is 0 Å². The van der Waals surface area contributed by atoms with Crippen LogP contribution in [0.25, 0.3) is 0 Å². The summed E-state index contributed by atoms with van der Waals surface area (Å²) in [5, 5.41) is 25.2. The van der Waals surface area contributed by atoms with E-state index in [2.05, 4.69) is 71.7 Å². The summed E-state index contributed by atoms with van der Waals surface area (Å²) in [5.74, 6) is 2.40. The molecule has 1 aromatic rings. The number of hydrogen-bond acceptors (Lipinski definition) is 5. The highest BCUT2D eigenvalue weighted by Gasteiger charge is 2.82. The number of ether oxygens (including phenoxy) is 1. The first-order valence-electron chi connectivity index (χ1n) is 16.1. The molecule has 1 saturated heterocycles. The van der Waals surface area contributed by atoms with Crippen LogP contribution in [0.5, 0.6) is 11.5 Å². The van der Waals surface area contributed by atoms with E-state index < -0.39 is 19.5 Å². The molecule has 2 aliphatic heterocycles. The number of aliphatic hydroxyl groups is 2. The smallest absolute Gasteiger partial charge is 0.250 e. The second kappa shape index (κ2) is 7.89. The number of rotatable bonds is 5. The summed E-state index contributed by atoms with van der Waals surface area (Å²) in [6.45, 7) is 22.1. The molecule has 222 valence electrons. The Morgan fingerprint density at radius 2 is 1.75 bits per heavy atom. The van der Waals surface area contributed by atoms with Crippen LogP contribution in [-0.4, -0.2) is 59.9 Å². The van der Waals surface area contributed by atoms with Gasteiger partial charge in [-0.1, -0.05) is 47.6 Å². The van der Waals surface area contributed by atoms with Gasteiger partial charge in [0.2, 0.25) is 0 Å². The minimum absolute atomic E-state index is 0.0109. The molecule has 2 N–H and O–H groups in total. The van der Waals surface area contributed by atoms with Crippen LogP contribution in [0.1, 0.15) is 98.1 Å². The minimum Gasteiger partial charge on any atom is -0.541 e. The van der Waals surface area contributed by atoms with Crippen LogP contribution in [-0.2, 0) is 11.8 Å². The van der Waals surface area contributed by atoms with Crippen LogP contribution < -0.4 is 9.16 Å². The number of piperidine rings is 1. The van der Waals surface area contributed by atoms with Crippen molar-refractivity contribution >= 4 is 8.32 Å². The highest BCUT2D eigenvalue weighted by molar-refractivity contribution is 6.74. The van der Waals surface area contributed by atoms with Gasteiger partial charge in [-0.2, -0.15) is 0 Å². The van der Waals surface area contributed by atoms with Crippen molar-refractivity contribution in [3.63, 3.8) is 0 Å². The molecule has 7 atom stereocenters. The highest BCUT2D eigenvalue weighted by Crippen LogP contribution is 2.77. The van der Waals surface area contributed by atoms with Crippen molar-refractivity contribution in [1.29, 1.82) is 0 Å². The largest absolute Gasteiger partial charge is 0.541 e. The first-order chi connectivity index (χ1) is 18.4. The molecule has 6 heteroatoms. The normalized spacial score (nSPS) is 39.9. The summed E-state index contributed by atoms with van der Waals surface area (Å²) in [6, 6.07) is 4.95. The van der Waals surface area contributed by atoms with Crippen molar-refractivity contribution in [2.75, 3.05) is 13.1 Å². The first kappa shape index (κ1) is 27.7. The van der Waals surface area contributed by atoms with Gasteiger partial charge in [-0.3, -0.25) is 4.90 Å². The predicted octanol–water partition coefficient (Wildman–Crippen LogP) is 6.44. The Bertz CT molecular complexity index is 1240. The molecule has 4 bridgehead atoms. The third-order valence-electron chi connectivity index (χ3n) is 13.7. The van der Waals surface area contributed by atoms with E-state index in [0.29, 0.717) is 12.5 Å². The van der Waals surface area contributed by atoms with E-state index in [-0.39, 0.29) is 33.3 Å². The molecule has 2 spiro atoms. The Kier molecular flexibility index (Phi) is 5.47. The highest BCUT2D eigenvalue weighted by atomic mass is 28.4. The molecule has 5 nitrogen and oxygen atoms in total. The molecule has 7 aliphatic rings. The summed E-state index contributed by atoms with van der Waals surface area (Å²) < 4.78 is 14.2. The second-order valence-electron chi connectivity index (χ2n) is 17.5. The second-order valence-corrected chi connectivity index (χ2v) is 22.2. The summed E-state index contributed by atoms with van der Waals surface area (Å²) in [7, 11) is -2.11. The minimum atomic E-state index is -2.11. The Morgan fingerprint density at radius 3 is 2.38 bits per heavy atom. The zero-order chi connectivity index (χ0) is 28.9. The molecule has 0 amide bonds. The van der Waals surface area contributed by atoms with Crippen molar-refractivity contribution in [3.8, 4) is 11.5 Å². The predicted molar refractivity (Wildman–Crippen MR) is 162 cm³/mol. The fourth-order valence-corrected chi connectivity index (χ4v) is 10.8. The molecular formula is C34H53NO4Si. The topological polar surface area (TPSA) is 62.2 Å². The van der Waals surface area contributed by atoms with Crippen molar-refractivity contribution in [2.45, 2.75) is 140 Å². The van der Waals surface area contributed by atoms with Crippen LogP contribution in [0.4, 0.5) is 0 Å². The third-order valence-corrected chi connectivity index (χ3v) is 18.0. The van der Waals surface area contributed by atoms with Crippen LogP contribution in [0.15, 0.2) is 12.1 Å². The molecule has 5 fully saturated rings. The Morgan fingerprint density at radius 1 is 1.05 bits per heavy atom. The summed E-state index contributed by atoms with van der Waals surface area (Å²) in [4.78, 5) is 2.83. The number of nitrogens with zero attached hydrogens (tertiary/aromatic N) is 1. The first-order valence-corrected chi connectivity index (χ1v) is 19.0. The van der Waals surface area contributed by atoms with Crippen molar-refractivity contribution in [1.82, 2.24) is 4.90 Å². The molecule has 1 aromatic carbocycles. The molecular weight excluding hydrogens is 514 g/mol. The van der Waals surface area contributed by atoms with E-state index in [9.17, 15) is 10.2 Å². The molecule has 8 rings (SSSR count). The zero-order valence-electron chi connectivity index (χ0n) is 26.5. The number of benzene rings is 1. The SMILES string of the molecule is CC(C)(C)C(C)(O)[C@H]1CC23CC[C@@]1(O)[C@@H]1Oc4c(O[Si](C)(C)C(C)(C)C)ccc5c4[C@@]12CCN(CC1CC1)[C@@H]3C5. The molecule has 0 radical (unpaired) electrons. The van der Waals surface area contributed by atoms with Gasteiger partial charge >= 0.3 is 0 Å². The molecule has 5 aliphatic carbocycles. The van der Waals surface area contributed by atoms with E-state index >= 15 is 0 Å². The average Bonchev–Trinajstić information content (AvgIpc) is 3.57. The summed E-state index contributed by atoms with van der Waals surface area (Å²) in [5.41, 5.74) is 0.0804. The molecule has 0 aromatic heterocycles. The monoisotopic (exact) mass is 567 g/mol. The van der Waals surface area contributed by atoms with Gasteiger partial charge in [0.15, 0.2) is 5.75 Å². The summed E-state index contributed by atoms with van der Waals surface area (Å²) >= 11 is 0. The maximum atomic E-state index is 12.9. The van der Waals surface area contributed by atoms with Gasteiger partial charge in [0.25, 0.3) is 8.32 Å². The van der Waals surface area contributed by atoms with Crippen LogP contribution >= 0.6 is 0 Å². The van der Waals surface area contributed by atoms with Crippen molar-refractivity contribution in [2.24, 2.45) is 22.7 Å². The van der Waals surface area contributed by atoms with Gasteiger partial charge in [-0.05, 0) is 99.5 Å². The molecule has 2 unspecified atom stereocenters. The lowest BCUT2D eigenvalue weighted by molar-refractivity contribution is -0.305. The molecule has 40 heavy (non-hydrogen) atoms. The number of likely N-dealkylation sites (tertiary alicyclic amines) is 1. The standard InChI is InChI=1S/C34H53NO4Si/c1-29(2,3)31(7,36)24-19-32-14-15-34(24,37)28-33(32)16-17-35(20-21-10-11-21)25(32)18-22-12-13-23(27(38-28)26(22)33)39-40(8,9)30(4,5)6/h12-13,21,24-25,28,36-37H,10-11,14-20H2,1-9H3/t24-,25-,28-,31?,32?,33+,34+/m1/s1. The van der Waals surface area contributed by atoms with Gasteiger partial charge in [0, 0.05) is 34.9 Å². The third kappa shape index (κ3) is 3.26. The lowest BCUT2D eigenvalue weighted by atomic mass is 9.33. The van der Waals surface area contributed by atoms with Gasteiger partial charge in [0.05, 0.1) is 5.60 Å². The Labute approximate surface area is 243 Å². The van der Waals surface area contributed by atoms with Crippen LogP contribution in [0.3, 0.4) is 0 Å². The number of fused-ring (bicyclic) bond motifs is 2. The van der Waals surface area contributed by atoms with Crippen LogP contribution in [0, 0.1) is 22.7 Å². The van der Waals surface area contributed by atoms with E-state index in [1.54, 1.807) is 0 Å². The Balaban J connectivity index is 1.42. The van der Waals surface area contributed by atoms with Crippen molar-refractivity contribution in [3.05, 3.63) is 23.3 Å². The van der Waals surface area contributed by atoms with Gasteiger partial charge in [0.1, 0.15) is 17.5 Å². The average molecular weight is 568 g/mol. The lowest BCUT2D eigenvalue weighted by Crippen LogP contribution is -2.82. The van der Waals surface area contributed by atoms with Crippen LogP contribution in [0.2, 0.25) is 18.1 Å². The maximum absolute atomic E-state index is 12.9. The fraction of sp³-hybridized carbons (Fsp3) is 0.824. The van der Waals surface area contributed by atoms with E-state index in [1.165, 1.54) is 30.5 Å². The van der Waals surface area contributed by atoms with Crippen molar-refractivity contribution < 1.29 is 19.4 Å². The molecule has 2 heterocycles. The summed E-state index contributed by atoms with van der Waals surface area (Å²) in [6.07, 6.45) is 7.03. The fourth-order valence-electron chi connectivity index (χ4n) is 9.76. The zero-order valence-corrected chi connectivity index (χ0v) is 27.5. The van der Waals surface area contributed by atoms with E-state index in [4.69, 9.17) is 9.16 Å². The van der Waals surface area contributed by atoms with E-state index in [0.717, 1.165) is 49.6 Å². The van der Waals surface area contributed by atoms with E-state index in [1.807, 2.05) is 6.92 Å². The Hall–Kier alpha value is -1.08.